The molecule has 0 aliphatic carbocycles. The van der Waals surface area contributed by atoms with Gasteiger partial charge in [0, 0.05) is 49.0 Å². The molecular weight excluding hydrogens is 364 g/mol. The number of rotatable bonds is 5. The number of nitrogens with two attached hydrogens (primary N) is 1. The van der Waals surface area contributed by atoms with Crippen LogP contribution in [0.5, 0.6) is 0 Å². The third kappa shape index (κ3) is 4.40. The molecule has 0 spiro atoms. The molecule has 4 rings (SSSR count). The zero-order chi connectivity index (χ0) is 20.4. The fraction of sp³-hybridized carbons (Fsp3) is 0.409. The molecule has 0 saturated carbocycles. The molecule has 0 unspecified atom stereocenters. The van der Waals surface area contributed by atoms with Gasteiger partial charge in [-0.05, 0) is 42.5 Å². The molecule has 1 aromatic carbocycles. The van der Waals surface area contributed by atoms with Crippen LogP contribution in [0.25, 0.3) is 22.0 Å². The van der Waals surface area contributed by atoms with Gasteiger partial charge >= 0.3 is 0 Å². The van der Waals surface area contributed by atoms with Crippen LogP contribution in [-0.2, 0) is 0 Å². The maximum absolute atomic E-state index is 12.9. The van der Waals surface area contributed by atoms with Crippen LogP contribution in [0.15, 0.2) is 36.7 Å². The molecule has 4 N–H and O–H groups in total. The summed E-state index contributed by atoms with van der Waals surface area (Å²) in [5, 5.41) is 11.2. The number of aromatic nitrogens is 3. The van der Waals surface area contributed by atoms with Crippen LogP contribution in [0.3, 0.4) is 0 Å². The summed E-state index contributed by atoms with van der Waals surface area (Å²) in [5.41, 5.74) is 9.60. The van der Waals surface area contributed by atoms with Gasteiger partial charge in [0.2, 0.25) is 0 Å². The monoisotopic (exact) mass is 392 g/mol. The molecule has 7 heteroatoms. The van der Waals surface area contributed by atoms with E-state index >= 15 is 0 Å². The Kier molecular flexibility index (Phi) is 5.49. The van der Waals surface area contributed by atoms with Crippen molar-refractivity contribution in [2.75, 3.05) is 25.4 Å². The standard InChI is InChI=1S/C22H28N6O/c1-14(2)13-28-7-5-18(6-8-28)25-22(29)21-19-10-15(3-4-20(19)26-27-21)16-9-17(23)12-24-11-16/h3-4,9-12,14,18H,5-8,13,23H2,1-2H3,(H,25,29)(H,26,27). The van der Waals surface area contributed by atoms with Crippen LogP contribution in [-0.4, -0.2) is 51.7 Å². The summed E-state index contributed by atoms with van der Waals surface area (Å²) in [6, 6.07) is 7.94. The van der Waals surface area contributed by atoms with Crippen molar-refractivity contribution in [2.45, 2.75) is 32.7 Å². The van der Waals surface area contributed by atoms with Gasteiger partial charge in [0.15, 0.2) is 5.69 Å². The zero-order valence-corrected chi connectivity index (χ0v) is 17.0. The Hall–Kier alpha value is -2.93. The number of carbonyl (C=O) groups is 1. The van der Waals surface area contributed by atoms with E-state index in [2.05, 4.69) is 39.2 Å². The van der Waals surface area contributed by atoms with Crippen LogP contribution in [0.2, 0.25) is 0 Å². The summed E-state index contributed by atoms with van der Waals surface area (Å²) in [6.07, 6.45) is 5.33. The molecule has 1 fully saturated rings. The number of nitrogens with one attached hydrogen (secondary N) is 2. The van der Waals surface area contributed by atoms with E-state index in [1.165, 1.54) is 0 Å². The number of carbonyl (C=O) groups excluding carboxylic acids is 1. The smallest absolute Gasteiger partial charge is 0.272 e. The Morgan fingerprint density at radius 2 is 2.03 bits per heavy atom. The summed E-state index contributed by atoms with van der Waals surface area (Å²) < 4.78 is 0. The summed E-state index contributed by atoms with van der Waals surface area (Å²) in [6.45, 7) is 7.65. The highest BCUT2D eigenvalue weighted by Gasteiger charge is 2.23. The van der Waals surface area contributed by atoms with Crippen molar-refractivity contribution in [3.05, 3.63) is 42.4 Å². The largest absolute Gasteiger partial charge is 0.397 e. The second-order valence-electron chi connectivity index (χ2n) is 8.28. The number of likely N-dealkylation sites (tertiary alicyclic amines) is 1. The molecule has 29 heavy (non-hydrogen) atoms. The Morgan fingerprint density at radius 3 is 2.76 bits per heavy atom. The summed E-state index contributed by atoms with van der Waals surface area (Å²) >= 11 is 0. The number of benzene rings is 1. The van der Waals surface area contributed by atoms with Gasteiger partial charge in [0.1, 0.15) is 0 Å². The van der Waals surface area contributed by atoms with E-state index < -0.39 is 0 Å². The van der Waals surface area contributed by atoms with Gasteiger partial charge in [-0.1, -0.05) is 19.9 Å². The van der Waals surface area contributed by atoms with E-state index in [0.717, 1.165) is 54.5 Å². The van der Waals surface area contributed by atoms with Gasteiger partial charge in [0.05, 0.1) is 11.2 Å². The predicted octanol–water partition coefficient (Wildman–Crippen LogP) is 3.06. The molecule has 1 aliphatic rings. The lowest BCUT2D eigenvalue weighted by atomic mass is 10.0. The second-order valence-corrected chi connectivity index (χ2v) is 8.28. The van der Waals surface area contributed by atoms with Crippen molar-refractivity contribution >= 4 is 22.5 Å². The highest BCUT2D eigenvalue weighted by Crippen LogP contribution is 2.26. The summed E-state index contributed by atoms with van der Waals surface area (Å²) in [7, 11) is 0. The number of amides is 1. The lowest BCUT2D eigenvalue weighted by molar-refractivity contribution is 0.0904. The van der Waals surface area contributed by atoms with Gasteiger partial charge < -0.3 is 16.0 Å². The van der Waals surface area contributed by atoms with E-state index in [0.29, 0.717) is 17.3 Å². The first-order valence-electron chi connectivity index (χ1n) is 10.2. The molecule has 1 amide bonds. The zero-order valence-electron chi connectivity index (χ0n) is 17.0. The van der Waals surface area contributed by atoms with Crippen molar-refractivity contribution in [3.63, 3.8) is 0 Å². The molecule has 7 nitrogen and oxygen atoms in total. The normalized spacial score (nSPS) is 15.8. The Morgan fingerprint density at radius 1 is 1.24 bits per heavy atom. The van der Waals surface area contributed by atoms with Crippen LogP contribution in [0, 0.1) is 5.92 Å². The fourth-order valence-corrected chi connectivity index (χ4v) is 4.01. The maximum atomic E-state index is 12.9. The average Bonchev–Trinajstić information content (AvgIpc) is 3.12. The topological polar surface area (TPSA) is 99.9 Å². The predicted molar refractivity (Wildman–Crippen MR) is 116 cm³/mol. The third-order valence-electron chi connectivity index (χ3n) is 5.42. The van der Waals surface area contributed by atoms with Gasteiger partial charge in [-0.25, -0.2) is 0 Å². The lowest BCUT2D eigenvalue weighted by Crippen LogP contribution is -2.45. The number of fused-ring (bicyclic) bond motifs is 1. The van der Waals surface area contributed by atoms with Gasteiger partial charge in [0.25, 0.3) is 5.91 Å². The first kappa shape index (κ1) is 19.4. The Bertz CT molecular complexity index is 1000. The average molecular weight is 393 g/mol. The quantitative estimate of drug-likeness (QED) is 0.620. The van der Waals surface area contributed by atoms with E-state index in [4.69, 9.17) is 5.73 Å². The second kappa shape index (κ2) is 8.21. The van der Waals surface area contributed by atoms with Crippen LogP contribution < -0.4 is 11.1 Å². The highest BCUT2D eigenvalue weighted by molar-refractivity contribution is 6.05. The van der Waals surface area contributed by atoms with Gasteiger partial charge in [-0.15, -0.1) is 0 Å². The minimum atomic E-state index is -0.124. The van der Waals surface area contributed by atoms with Crippen LogP contribution in [0.1, 0.15) is 37.2 Å². The van der Waals surface area contributed by atoms with E-state index in [1.807, 2.05) is 24.3 Å². The van der Waals surface area contributed by atoms with E-state index in [9.17, 15) is 4.79 Å². The number of nitrogens with zero attached hydrogens (tertiary/aromatic N) is 3. The van der Waals surface area contributed by atoms with Gasteiger partial charge in [-0.2, -0.15) is 5.10 Å². The van der Waals surface area contributed by atoms with Crippen molar-refractivity contribution < 1.29 is 4.79 Å². The van der Waals surface area contributed by atoms with Crippen molar-refractivity contribution in [1.29, 1.82) is 0 Å². The third-order valence-corrected chi connectivity index (χ3v) is 5.42. The van der Waals surface area contributed by atoms with Crippen molar-refractivity contribution in [2.24, 2.45) is 5.92 Å². The molecule has 0 bridgehead atoms. The minimum absolute atomic E-state index is 0.124. The number of hydrogen-bond donors (Lipinski definition) is 3. The van der Waals surface area contributed by atoms with Crippen LogP contribution >= 0.6 is 0 Å². The molecule has 152 valence electrons. The number of aromatic amines is 1. The van der Waals surface area contributed by atoms with Crippen molar-refractivity contribution in [3.8, 4) is 11.1 Å². The molecular formula is C22H28N6O. The number of hydrogen-bond acceptors (Lipinski definition) is 5. The van der Waals surface area contributed by atoms with Gasteiger partial charge in [-0.3, -0.25) is 14.9 Å². The van der Waals surface area contributed by atoms with E-state index in [-0.39, 0.29) is 11.9 Å². The van der Waals surface area contributed by atoms with Crippen molar-refractivity contribution in [1.82, 2.24) is 25.4 Å². The molecule has 0 atom stereocenters. The highest BCUT2D eigenvalue weighted by atomic mass is 16.2. The first-order chi connectivity index (χ1) is 14.0. The first-order valence-corrected chi connectivity index (χ1v) is 10.2. The number of H-pyrrole nitrogens is 1. The number of piperidine rings is 1. The molecule has 0 radical (unpaired) electrons. The number of nitrogen functional groups attached to an aromatic ring is 1. The molecule has 3 aromatic rings. The van der Waals surface area contributed by atoms with Crippen LogP contribution in [0.4, 0.5) is 5.69 Å². The lowest BCUT2D eigenvalue weighted by Gasteiger charge is -2.33. The van der Waals surface area contributed by atoms with E-state index in [1.54, 1.807) is 12.4 Å². The number of pyridine rings is 1. The summed E-state index contributed by atoms with van der Waals surface area (Å²) in [5.74, 6) is 0.544. The fourth-order valence-electron chi connectivity index (χ4n) is 4.01. The molecule has 3 heterocycles. The SMILES string of the molecule is CC(C)CN1CCC(NC(=O)c2n[nH]c3ccc(-c4cncc(N)c4)cc23)CC1. The molecule has 1 saturated heterocycles. The molecule has 2 aromatic heterocycles. The Balaban J connectivity index is 1.49. The minimum Gasteiger partial charge on any atom is -0.397 e. The Labute approximate surface area is 170 Å². The number of anilines is 1. The summed E-state index contributed by atoms with van der Waals surface area (Å²) in [4.78, 5) is 19.5. The maximum Gasteiger partial charge on any atom is 0.272 e. The molecule has 1 aliphatic heterocycles.